The Morgan fingerprint density at radius 2 is 2.07 bits per heavy atom. The molecule has 1 N–H and O–H groups in total. The first kappa shape index (κ1) is 19.7. The van der Waals surface area contributed by atoms with E-state index < -0.39 is 11.7 Å². The van der Waals surface area contributed by atoms with Gasteiger partial charge in [-0.3, -0.25) is 4.79 Å². The van der Waals surface area contributed by atoms with Gasteiger partial charge >= 0.3 is 0 Å². The van der Waals surface area contributed by atoms with E-state index in [-0.39, 0.29) is 17.8 Å². The van der Waals surface area contributed by atoms with Crippen LogP contribution in [0.15, 0.2) is 41.3 Å². The van der Waals surface area contributed by atoms with Crippen molar-refractivity contribution >= 4 is 11.4 Å². The first-order valence-corrected chi connectivity index (χ1v) is 9.45. The van der Waals surface area contributed by atoms with Crippen molar-refractivity contribution in [2.45, 2.75) is 39.7 Å². The molecule has 0 bridgehead atoms. The van der Waals surface area contributed by atoms with Gasteiger partial charge in [-0.25, -0.2) is 13.9 Å². The van der Waals surface area contributed by atoms with Gasteiger partial charge in [-0.05, 0) is 36.2 Å². The smallest absolute Gasteiger partial charge is 0.292 e. The minimum Gasteiger partial charge on any atom is -0.345 e. The summed E-state index contributed by atoms with van der Waals surface area (Å²) in [6.45, 7) is 7.54. The molecule has 3 aromatic heterocycles. The maximum Gasteiger partial charge on any atom is 0.292 e. The van der Waals surface area contributed by atoms with Crippen LogP contribution in [0, 0.1) is 12.7 Å². The van der Waals surface area contributed by atoms with Gasteiger partial charge in [0.05, 0.1) is 5.52 Å². The normalized spacial score (nSPS) is 11.8. The van der Waals surface area contributed by atoms with Crippen molar-refractivity contribution in [2.75, 3.05) is 0 Å². The lowest BCUT2D eigenvalue weighted by molar-refractivity contribution is 0.0937. The van der Waals surface area contributed by atoms with E-state index in [9.17, 15) is 4.79 Å². The molecule has 9 heteroatoms. The number of nitrogens with zero attached hydrogens (tertiary/aromatic N) is 5. The predicted molar refractivity (Wildman–Crippen MR) is 107 cm³/mol. The maximum absolute atomic E-state index is 15.1. The zero-order valence-corrected chi connectivity index (χ0v) is 17.1. The second-order valence-electron chi connectivity index (χ2n) is 8.01. The summed E-state index contributed by atoms with van der Waals surface area (Å²) in [6, 6.07) is 7.08. The summed E-state index contributed by atoms with van der Waals surface area (Å²) in [5.74, 6) is -0.547. The Morgan fingerprint density at radius 3 is 2.80 bits per heavy atom. The van der Waals surface area contributed by atoms with Crippen LogP contribution in [-0.4, -0.2) is 30.6 Å². The van der Waals surface area contributed by atoms with E-state index in [1.165, 1.54) is 6.33 Å². The summed E-state index contributed by atoms with van der Waals surface area (Å²) in [5.41, 5.74) is 2.31. The Kier molecular flexibility index (Phi) is 4.81. The molecule has 0 unspecified atom stereocenters. The zero-order valence-electron chi connectivity index (χ0n) is 17.1. The molecule has 0 radical (unpaired) electrons. The second-order valence-corrected chi connectivity index (χ2v) is 8.01. The lowest BCUT2D eigenvalue weighted by atomic mass is 9.97. The van der Waals surface area contributed by atoms with E-state index in [4.69, 9.17) is 4.52 Å². The van der Waals surface area contributed by atoms with E-state index in [2.05, 4.69) is 25.5 Å². The highest BCUT2D eigenvalue weighted by Crippen LogP contribution is 2.28. The molecule has 0 saturated heterocycles. The summed E-state index contributed by atoms with van der Waals surface area (Å²) >= 11 is 0. The number of amides is 1. The molecule has 8 nitrogen and oxygen atoms in total. The van der Waals surface area contributed by atoms with Crippen LogP contribution in [0.5, 0.6) is 0 Å². The Labute approximate surface area is 172 Å². The molecule has 0 fully saturated rings. The fraction of sp³-hybridized carbons (Fsp3) is 0.286. The molecule has 3 heterocycles. The Hall–Kier alpha value is -3.62. The minimum absolute atomic E-state index is 0.0497. The fourth-order valence-corrected chi connectivity index (χ4v) is 3.05. The zero-order chi connectivity index (χ0) is 21.5. The minimum atomic E-state index is -0.483. The predicted octanol–water partition coefficient (Wildman–Crippen LogP) is 3.45. The molecular formula is C21H21FN6O2. The monoisotopic (exact) mass is 408 g/mol. The summed E-state index contributed by atoms with van der Waals surface area (Å²) < 4.78 is 21.9. The van der Waals surface area contributed by atoms with Crippen molar-refractivity contribution in [3.05, 3.63) is 65.4 Å². The third-order valence-electron chi connectivity index (χ3n) is 4.80. The highest BCUT2D eigenvalue weighted by Gasteiger charge is 2.24. The van der Waals surface area contributed by atoms with Crippen LogP contribution in [0.4, 0.5) is 4.39 Å². The summed E-state index contributed by atoms with van der Waals surface area (Å²) in [4.78, 5) is 20.7. The molecule has 0 atom stereocenters. The van der Waals surface area contributed by atoms with Crippen LogP contribution in [0.2, 0.25) is 0 Å². The van der Waals surface area contributed by atoms with Crippen LogP contribution in [-0.2, 0) is 12.0 Å². The van der Waals surface area contributed by atoms with Crippen molar-refractivity contribution in [1.82, 2.24) is 30.1 Å². The van der Waals surface area contributed by atoms with Gasteiger partial charge in [-0.1, -0.05) is 32.0 Å². The van der Waals surface area contributed by atoms with Crippen molar-refractivity contribution in [3.63, 3.8) is 0 Å². The average molecular weight is 408 g/mol. The fourth-order valence-electron chi connectivity index (χ4n) is 3.05. The van der Waals surface area contributed by atoms with Gasteiger partial charge in [0, 0.05) is 23.7 Å². The summed E-state index contributed by atoms with van der Waals surface area (Å²) in [6.07, 6.45) is 3.17. The Balaban J connectivity index is 1.55. The van der Waals surface area contributed by atoms with Crippen LogP contribution in [0.1, 0.15) is 48.4 Å². The molecule has 1 amide bonds. The molecule has 0 saturated carbocycles. The Bertz CT molecular complexity index is 1240. The summed E-state index contributed by atoms with van der Waals surface area (Å²) in [7, 11) is 0. The molecule has 1 aromatic carbocycles. The molecule has 0 aliphatic heterocycles. The van der Waals surface area contributed by atoms with Crippen LogP contribution < -0.4 is 5.32 Å². The molecule has 0 aliphatic rings. The van der Waals surface area contributed by atoms with E-state index >= 15 is 4.39 Å². The molecule has 0 spiro atoms. The van der Waals surface area contributed by atoms with Gasteiger partial charge in [0.2, 0.25) is 5.89 Å². The van der Waals surface area contributed by atoms with Crippen LogP contribution in [0.25, 0.3) is 16.8 Å². The maximum atomic E-state index is 15.1. The lowest BCUT2D eigenvalue weighted by Gasteiger charge is -2.12. The van der Waals surface area contributed by atoms with Crippen molar-refractivity contribution in [2.24, 2.45) is 0 Å². The van der Waals surface area contributed by atoms with Gasteiger partial charge < -0.3 is 9.84 Å². The first-order chi connectivity index (χ1) is 14.3. The van der Waals surface area contributed by atoms with E-state index in [0.717, 1.165) is 0 Å². The second kappa shape index (κ2) is 7.33. The number of fused-ring (bicyclic) bond motifs is 1. The molecule has 154 valence electrons. The average Bonchev–Trinajstić information content (AvgIpc) is 3.38. The highest BCUT2D eigenvalue weighted by atomic mass is 19.1. The number of nitrogens with one attached hydrogen (secondary N) is 1. The SMILES string of the molecule is Cc1c(CNC(=O)c2noc(C(C)(C)C)n2)ccc(-c2ncnn3cccc23)c1F. The van der Waals surface area contributed by atoms with E-state index in [0.29, 0.717) is 33.8 Å². The largest absolute Gasteiger partial charge is 0.345 e. The summed E-state index contributed by atoms with van der Waals surface area (Å²) in [5, 5.41) is 10.5. The van der Waals surface area contributed by atoms with Crippen LogP contribution in [0.3, 0.4) is 0 Å². The van der Waals surface area contributed by atoms with Crippen molar-refractivity contribution in [3.8, 4) is 11.3 Å². The van der Waals surface area contributed by atoms with Crippen molar-refractivity contribution in [1.29, 1.82) is 0 Å². The topological polar surface area (TPSA) is 98.2 Å². The molecule has 0 aliphatic carbocycles. The van der Waals surface area contributed by atoms with Gasteiger partial charge in [-0.2, -0.15) is 10.1 Å². The molecule has 4 rings (SSSR count). The van der Waals surface area contributed by atoms with Gasteiger partial charge in [-0.15, -0.1) is 0 Å². The number of rotatable bonds is 4. The van der Waals surface area contributed by atoms with E-state index in [1.54, 1.807) is 29.8 Å². The first-order valence-electron chi connectivity index (χ1n) is 9.45. The number of carbonyl (C=O) groups is 1. The third-order valence-corrected chi connectivity index (χ3v) is 4.80. The van der Waals surface area contributed by atoms with Gasteiger partial charge in [0.1, 0.15) is 17.8 Å². The van der Waals surface area contributed by atoms with Gasteiger partial charge in [0.25, 0.3) is 11.7 Å². The number of halogens is 1. The number of hydrogen-bond donors (Lipinski definition) is 1. The van der Waals surface area contributed by atoms with Crippen molar-refractivity contribution < 1.29 is 13.7 Å². The number of hydrogen-bond acceptors (Lipinski definition) is 6. The number of aromatic nitrogens is 5. The van der Waals surface area contributed by atoms with E-state index in [1.807, 2.05) is 32.9 Å². The molecule has 4 aromatic rings. The standard InChI is InChI=1S/C21H21FN6O2/c1-12-13(10-23-19(29)18-26-20(30-27-18)21(2,3)4)7-8-14(16(12)22)17-15-6-5-9-28(15)25-11-24-17/h5-9,11H,10H2,1-4H3,(H,23,29). The lowest BCUT2D eigenvalue weighted by Crippen LogP contribution is -2.25. The van der Waals surface area contributed by atoms with Crippen LogP contribution >= 0.6 is 0 Å². The Morgan fingerprint density at radius 1 is 1.27 bits per heavy atom. The molecular weight excluding hydrogens is 387 g/mol. The van der Waals surface area contributed by atoms with Gasteiger partial charge in [0.15, 0.2) is 0 Å². The number of carbonyl (C=O) groups excluding carboxylic acids is 1. The quantitative estimate of drug-likeness (QED) is 0.555. The number of benzene rings is 1. The third kappa shape index (κ3) is 3.54. The highest BCUT2D eigenvalue weighted by molar-refractivity contribution is 5.90. The molecule has 30 heavy (non-hydrogen) atoms.